The molecule has 1 aromatic heterocycles. The number of hydrogen-bond donors (Lipinski definition) is 1. The van der Waals surface area contributed by atoms with Crippen molar-refractivity contribution in [1.29, 1.82) is 0 Å². The largest absolute Gasteiger partial charge is 0.481 e. The zero-order valence-corrected chi connectivity index (χ0v) is 16.7. The highest BCUT2D eigenvalue weighted by molar-refractivity contribution is 7.18. The van der Waals surface area contributed by atoms with E-state index in [2.05, 4.69) is 36.3 Å². The van der Waals surface area contributed by atoms with Crippen LogP contribution in [-0.2, 0) is 10.2 Å². The number of rotatable bonds is 5. The predicted octanol–water partition coefficient (Wildman–Crippen LogP) is 4.91. The fraction of sp³-hybridized carbons (Fsp3) is 0.286. The first kappa shape index (κ1) is 19.0. The molecule has 0 bridgehead atoms. The molecule has 1 unspecified atom stereocenters. The first-order chi connectivity index (χ1) is 12.8. The summed E-state index contributed by atoms with van der Waals surface area (Å²) in [4.78, 5) is 12.4. The molecule has 0 aliphatic heterocycles. The van der Waals surface area contributed by atoms with Gasteiger partial charge in [0.1, 0.15) is 10.8 Å². The van der Waals surface area contributed by atoms with Crippen LogP contribution in [0.3, 0.4) is 0 Å². The van der Waals surface area contributed by atoms with Crippen molar-refractivity contribution in [2.24, 2.45) is 0 Å². The van der Waals surface area contributed by atoms with E-state index in [1.165, 1.54) is 16.9 Å². The van der Waals surface area contributed by atoms with Crippen molar-refractivity contribution in [1.82, 2.24) is 10.2 Å². The number of hydrogen-bond acceptors (Lipinski definition) is 5. The van der Waals surface area contributed by atoms with E-state index in [9.17, 15) is 4.79 Å². The average Bonchev–Trinajstić information content (AvgIpc) is 3.10. The van der Waals surface area contributed by atoms with Crippen LogP contribution in [-0.4, -0.2) is 22.2 Å². The van der Waals surface area contributed by atoms with Crippen molar-refractivity contribution in [3.05, 3.63) is 60.2 Å². The van der Waals surface area contributed by atoms with Gasteiger partial charge in [-0.05, 0) is 30.0 Å². The molecule has 1 amide bonds. The Morgan fingerprint density at radius 3 is 2.33 bits per heavy atom. The van der Waals surface area contributed by atoms with E-state index in [0.29, 0.717) is 10.9 Å². The summed E-state index contributed by atoms with van der Waals surface area (Å²) >= 11 is 1.33. The van der Waals surface area contributed by atoms with E-state index in [0.717, 1.165) is 10.6 Å². The molecule has 2 aromatic carbocycles. The van der Waals surface area contributed by atoms with E-state index in [4.69, 9.17) is 4.74 Å². The van der Waals surface area contributed by atoms with Gasteiger partial charge in [-0.3, -0.25) is 10.1 Å². The van der Waals surface area contributed by atoms with Gasteiger partial charge in [0.25, 0.3) is 5.91 Å². The quantitative estimate of drug-likeness (QED) is 0.682. The van der Waals surface area contributed by atoms with Crippen LogP contribution >= 0.6 is 11.3 Å². The molecule has 0 saturated carbocycles. The van der Waals surface area contributed by atoms with Crippen LogP contribution in [0.15, 0.2) is 54.6 Å². The number of benzene rings is 2. The number of carbonyl (C=O) groups is 1. The van der Waals surface area contributed by atoms with E-state index < -0.39 is 6.10 Å². The molecule has 27 heavy (non-hydrogen) atoms. The Hall–Kier alpha value is -2.73. The zero-order chi connectivity index (χ0) is 19.4. The van der Waals surface area contributed by atoms with Gasteiger partial charge >= 0.3 is 0 Å². The lowest BCUT2D eigenvalue weighted by Gasteiger charge is -2.20. The molecule has 3 aromatic rings. The van der Waals surface area contributed by atoms with Gasteiger partial charge in [-0.1, -0.05) is 74.6 Å². The summed E-state index contributed by atoms with van der Waals surface area (Å²) in [5.41, 5.74) is 2.27. The van der Waals surface area contributed by atoms with Gasteiger partial charge in [0.05, 0.1) is 0 Å². The highest BCUT2D eigenvalue weighted by Crippen LogP contribution is 2.27. The fourth-order valence-corrected chi connectivity index (χ4v) is 3.22. The Kier molecular flexibility index (Phi) is 5.56. The van der Waals surface area contributed by atoms with E-state index >= 15 is 0 Å². The Morgan fingerprint density at radius 1 is 1.04 bits per heavy atom. The van der Waals surface area contributed by atoms with Crippen molar-refractivity contribution in [2.45, 2.75) is 39.2 Å². The van der Waals surface area contributed by atoms with E-state index in [1.807, 2.05) is 54.6 Å². The third kappa shape index (κ3) is 4.92. The third-order valence-corrected chi connectivity index (χ3v) is 4.97. The highest BCUT2D eigenvalue weighted by Gasteiger charge is 2.18. The molecule has 3 rings (SSSR count). The number of aromatic nitrogens is 2. The molecule has 0 aliphatic rings. The molecule has 0 fully saturated rings. The van der Waals surface area contributed by atoms with Gasteiger partial charge in [0, 0.05) is 5.56 Å². The Labute approximate surface area is 163 Å². The molecule has 140 valence electrons. The lowest BCUT2D eigenvalue weighted by atomic mass is 9.87. The minimum absolute atomic E-state index is 0.0792. The smallest absolute Gasteiger partial charge is 0.266 e. The normalized spacial score (nSPS) is 12.4. The zero-order valence-electron chi connectivity index (χ0n) is 15.9. The number of ether oxygens (including phenoxy) is 1. The molecule has 5 nitrogen and oxygen atoms in total. The van der Waals surface area contributed by atoms with Crippen LogP contribution in [0.25, 0.3) is 10.6 Å². The number of anilines is 1. The van der Waals surface area contributed by atoms with Gasteiger partial charge in [0.2, 0.25) is 5.13 Å². The van der Waals surface area contributed by atoms with Gasteiger partial charge in [0.15, 0.2) is 6.10 Å². The first-order valence-electron chi connectivity index (χ1n) is 8.80. The minimum atomic E-state index is -0.644. The second kappa shape index (κ2) is 7.88. The Morgan fingerprint density at radius 2 is 1.70 bits per heavy atom. The van der Waals surface area contributed by atoms with E-state index in [1.54, 1.807) is 6.92 Å². The monoisotopic (exact) mass is 381 g/mol. The highest BCUT2D eigenvalue weighted by atomic mass is 32.1. The van der Waals surface area contributed by atoms with Gasteiger partial charge in [-0.25, -0.2) is 0 Å². The Balaban J connectivity index is 1.60. The standard InChI is InChI=1S/C21H23N3O2S/c1-14(26-17-12-10-16(11-13-17)21(2,3)4)18(25)22-20-24-23-19(27-20)15-8-6-5-7-9-15/h5-14H,1-4H3,(H,22,24,25). The fourth-order valence-electron chi connectivity index (χ4n) is 2.47. The maximum absolute atomic E-state index is 12.4. The van der Waals surface area contributed by atoms with Crippen LogP contribution in [0.5, 0.6) is 5.75 Å². The lowest BCUT2D eigenvalue weighted by Crippen LogP contribution is -2.30. The summed E-state index contributed by atoms with van der Waals surface area (Å²) in [6.07, 6.45) is -0.644. The summed E-state index contributed by atoms with van der Waals surface area (Å²) in [6, 6.07) is 17.6. The van der Waals surface area contributed by atoms with Crippen LogP contribution in [0.4, 0.5) is 5.13 Å². The van der Waals surface area contributed by atoms with Gasteiger partial charge in [-0.15, -0.1) is 10.2 Å². The maximum Gasteiger partial charge on any atom is 0.266 e. The molecule has 1 N–H and O–H groups in total. The maximum atomic E-state index is 12.4. The van der Waals surface area contributed by atoms with Crippen LogP contribution < -0.4 is 10.1 Å². The Bertz CT molecular complexity index is 899. The van der Waals surface area contributed by atoms with Crippen LogP contribution in [0.1, 0.15) is 33.3 Å². The molecule has 1 atom stereocenters. The van der Waals surface area contributed by atoms with Crippen molar-refractivity contribution in [3.63, 3.8) is 0 Å². The average molecular weight is 382 g/mol. The number of amides is 1. The summed E-state index contributed by atoms with van der Waals surface area (Å²) in [5, 5.41) is 12.2. The summed E-state index contributed by atoms with van der Waals surface area (Å²) in [6.45, 7) is 8.19. The second-order valence-electron chi connectivity index (χ2n) is 7.30. The summed E-state index contributed by atoms with van der Waals surface area (Å²) in [7, 11) is 0. The number of nitrogens with zero attached hydrogens (tertiary/aromatic N) is 2. The molecule has 0 saturated heterocycles. The number of nitrogens with one attached hydrogen (secondary N) is 1. The van der Waals surface area contributed by atoms with Crippen molar-refractivity contribution in [2.75, 3.05) is 5.32 Å². The SMILES string of the molecule is CC(Oc1ccc(C(C)(C)C)cc1)C(=O)Nc1nnc(-c2ccccc2)s1. The van der Waals surface area contributed by atoms with Crippen molar-refractivity contribution < 1.29 is 9.53 Å². The van der Waals surface area contributed by atoms with Crippen LogP contribution in [0.2, 0.25) is 0 Å². The van der Waals surface area contributed by atoms with Crippen LogP contribution in [0, 0.1) is 0 Å². The molecular weight excluding hydrogens is 358 g/mol. The third-order valence-electron chi connectivity index (χ3n) is 4.08. The molecule has 1 heterocycles. The molecule has 0 spiro atoms. The van der Waals surface area contributed by atoms with Crippen molar-refractivity contribution in [3.8, 4) is 16.3 Å². The topological polar surface area (TPSA) is 64.1 Å². The number of carbonyl (C=O) groups excluding carboxylic acids is 1. The summed E-state index contributed by atoms with van der Waals surface area (Å²) in [5.74, 6) is 0.401. The van der Waals surface area contributed by atoms with Gasteiger partial charge < -0.3 is 4.74 Å². The molecule has 0 aliphatic carbocycles. The van der Waals surface area contributed by atoms with E-state index in [-0.39, 0.29) is 11.3 Å². The molecular formula is C21H23N3O2S. The first-order valence-corrected chi connectivity index (χ1v) is 9.61. The van der Waals surface area contributed by atoms with Crippen molar-refractivity contribution >= 4 is 22.4 Å². The molecule has 6 heteroatoms. The second-order valence-corrected chi connectivity index (χ2v) is 8.28. The minimum Gasteiger partial charge on any atom is -0.481 e. The van der Waals surface area contributed by atoms with Gasteiger partial charge in [-0.2, -0.15) is 0 Å². The summed E-state index contributed by atoms with van der Waals surface area (Å²) < 4.78 is 5.75. The lowest BCUT2D eigenvalue weighted by molar-refractivity contribution is -0.122. The molecule has 0 radical (unpaired) electrons. The predicted molar refractivity (Wildman–Crippen MR) is 109 cm³/mol.